The van der Waals surface area contributed by atoms with Crippen molar-refractivity contribution in [3.8, 4) is 11.5 Å². The molecule has 0 spiro atoms. The number of likely N-dealkylation sites (tertiary alicyclic amines) is 1. The molecule has 0 unspecified atom stereocenters. The van der Waals surface area contributed by atoms with Gasteiger partial charge in [0.1, 0.15) is 53.8 Å². The highest BCUT2D eigenvalue weighted by Gasteiger charge is 2.40. The Morgan fingerprint density at radius 1 is 0.643 bits per heavy atom. The van der Waals surface area contributed by atoms with Crippen molar-refractivity contribution in [2.24, 2.45) is 23.3 Å². The molecule has 0 saturated carbocycles. The number of thioether (sulfide) groups is 1. The number of amides is 8. The summed E-state index contributed by atoms with van der Waals surface area (Å²) in [6.45, 7) is 8.79. The number of aromatic hydroxyl groups is 2. The van der Waals surface area contributed by atoms with Gasteiger partial charge in [0.15, 0.2) is 0 Å². The van der Waals surface area contributed by atoms with E-state index >= 15 is 0 Å². The molecule has 2 aromatic rings. The van der Waals surface area contributed by atoms with Crippen LogP contribution in [-0.4, -0.2) is 140 Å². The molecule has 70 heavy (non-hydrogen) atoms. The van der Waals surface area contributed by atoms with E-state index in [1.54, 1.807) is 0 Å². The minimum absolute atomic E-state index is 0.0319. The summed E-state index contributed by atoms with van der Waals surface area (Å²) in [6, 6.07) is 1.96. The minimum Gasteiger partial charge on any atom is -0.508 e. The summed E-state index contributed by atoms with van der Waals surface area (Å²) in [4.78, 5) is 122. The van der Waals surface area contributed by atoms with E-state index in [-0.39, 0.29) is 74.8 Å². The molecule has 13 N–H and O–H groups in total. The Kier molecular flexibility index (Phi) is 23.4. The van der Waals surface area contributed by atoms with E-state index in [0.29, 0.717) is 29.7 Å². The van der Waals surface area contributed by atoms with Crippen LogP contribution in [0.15, 0.2) is 48.5 Å². The molecule has 1 fully saturated rings. The Hall–Kier alpha value is -6.42. The number of primary amides is 1. The van der Waals surface area contributed by atoms with E-state index < -0.39 is 102 Å². The van der Waals surface area contributed by atoms with E-state index in [2.05, 4.69) is 31.9 Å². The SMILES string of the molecule is CSCC[C@H](N)C(=O)N[C@@H](C)C(=O)N[C@@H](CC(C)C)C(=O)N[C@@H](CCC(N)=O)C(=O)N[C@@H](CC(C)C)C(=O)N1CCC[C@H]1C(=O)N[C@@H](Cc1ccc(O)cc1)C(=O)N[C@@H](Cc1ccc(O)cc1)C(=O)O. The quantitative estimate of drug-likeness (QED) is 0.0548. The van der Waals surface area contributed by atoms with Crippen molar-refractivity contribution in [3.05, 3.63) is 59.7 Å². The van der Waals surface area contributed by atoms with E-state index in [1.165, 1.54) is 72.1 Å². The van der Waals surface area contributed by atoms with Gasteiger partial charge in [0, 0.05) is 25.8 Å². The number of carbonyl (C=O) groups is 9. The van der Waals surface area contributed by atoms with Crippen LogP contribution in [0.5, 0.6) is 11.5 Å². The Morgan fingerprint density at radius 2 is 1.13 bits per heavy atom. The number of phenols is 2. The van der Waals surface area contributed by atoms with Gasteiger partial charge in [-0.25, -0.2) is 4.79 Å². The van der Waals surface area contributed by atoms with Gasteiger partial charge < -0.3 is 63.6 Å². The second kappa shape index (κ2) is 28.3. The fourth-order valence-corrected chi connectivity index (χ4v) is 8.23. The van der Waals surface area contributed by atoms with E-state index in [1.807, 2.05) is 34.0 Å². The van der Waals surface area contributed by atoms with Gasteiger partial charge >= 0.3 is 5.97 Å². The number of rotatable bonds is 28. The zero-order chi connectivity index (χ0) is 52.2. The van der Waals surface area contributed by atoms with Crippen LogP contribution in [0.25, 0.3) is 0 Å². The third kappa shape index (κ3) is 19.2. The molecule has 1 saturated heterocycles. The lowest BCUT2D eigenvalue weighted by atomic mass is 10.00. The molecule has 8 amide bonds. The normalized spacial score (nSPS) is 16.4. The van der Waals surface area contributed by atoms with Gasteiger partial charge in [0.2, 0.25) is 47.3 Å². The summed E-state index contributed by atoms with van der Waals surface area (Å²) in [5.41, 5.74) is 12.4. The Balaban J connectivity index is 1.84. The van der Waals surface area contributed by atoms with Crippen molar-refractivity contribution in [3.63, 3.8) is 0 Å². The number of nitrogens with two attached hydrogens (primary N) is 2. The number of aliphatic carboxylic acids is 1. The smallest absolute Gasteiger partial charge is 0.326 e. The first-order valence-electron chi connectivity index (χ1n) is 23.4. The van der Waals surface area contributed by atoms with Crippen molar-refractivity contribution >= 4 is 65.0 Å². The second-order valence-electron chi connectivity index (χ2n) is 18.5. The van der Waals surface area contributed by atoms with Gasteiger partial charge in [-0.05, 0) is 105 Å². The fraction of sp³-hybridized carbons (Fsp3) is 0.562. The van der Waals surface area contributed by atoms with E-state index in [9.17, 15) is 58.5 Å². The molecule has 1 heterocycles. The maximum Gasteiger partial charge on any atom is 0.326 e. The number of hydrogen-bond donors (Lipinski definition) is 11. The summed E-state index contributed by atoms with van der Waals surface area (Å²) < 4.78 is 0. The molecule has 2 aromatic carbocycles. The molecule has 0 aromatic heterocycles. The second-order valence-corrected chi connectivity index (χ2v) is 19.4. The molecule has 22 heteroatoms. The predicted octanol–water partition coefficient (Wildman–Crippen LogP) is 0.325. The van der Waals surface area contributed by atoms with Gasteiger partial charge in [0.25, 0.3) is 0 Å². The summed E-state index contributed by atoms with van der Waals surface area (Å²) >= 11 is 1.51. The van der Waals surface area contributed by atoms with Gasteiger partial charge in [-0.1, -0.05) is 52.0 Å². The van der Waals surface area contributed by atoms with Crippen LogP contribution >= 0.6 is 11.8 Å². The van der Waals surface area contributed by atoms with E-state index in [0.717, 1.165) is 0 Å². The molecule has 8 atom stereocenters. The largest absolute Gasteiger partial charge is 0.508 e. The summed E-state index contributed by atoms with van der Waals surface area (Å²) in [5.74, 6) is -6.90. The minimum atomic E-state index is -1.43. The number of phenolic OH excluding ortho intramolecular Hbond substituents is 2. The van der Waals surface area contributed by atoms with Crippen molar-refractivity contribution in [1.82, 2.24) is 36.8 Å². The fourth-order valence-electron chi connectivity index (χ4n) is 7.74. The molecule has 1 aliphatic heterocycles. The average molecular weight is 998 g/mol. The molecule has 386 valence electrons. The molecular weight excluding hydrogens is 927 g/mol. The van der Waals surface area contributed by atoms with Gasteiger partial charge in [-0.2, -0.15) is 11.8 Å². The lowest BCUT2D eigenvalue weighted by Gasteiger charge is -2.31. The van der Waals surface area contributed by atoms with Crippen molar-refractivity contribution in [1.29, 1.82) is 0 Å². The van der Waals surface area contributed by atoms with Crippen LogP contribution < -0.4 is 43.4 Å². The molecular formula is C48H71N9O12S. The lowest BCUT2D eigenvalue weighted by Crippen LogP contribution is -2.60. The van der Waals surface area contributed by atoms with Crippen molar-refractivity contribution < 1.29 is 58.5 Å². The monoisotopic (exact) mass is 997 g/mol. The van der Waals surface area contributed by atoms with Crippen LogP contribution in [0.2, 0.25) is 0 Å². The van der Waals surface area contributed by atoms with Gasteiger partial charge in [-0.15, -0.1) is 0 Å². The van der Waals surface area contributed by atoms with E-state index in [4.69, 9.17) is 11.5 Å². The zero-order valence-electron chi connectivity index (χ0n) is 40.7. The number of nitrogens with one attached hydrogen (secondary N) is 6. The number of hydrogen-bond acceptors (Lipinski definition) is 13. The van der Waals surface area contributed by atoms with Crippen LogP contribution in [-0.2, 0) is 56.0 Å². The average Bonchev–Trinajstić information content (AvgIpc) is 3.79. The highest BCUT2D eigenvalue weighted by molar-refractivity contribution is 7.98. The zero-order valence-corrected chi connectivity index (χ0v) is 41.5. The number of nitrogens with zero attached hydrogens (tertiary/aromatic N) is 1. The van der Waals surface area contributed by atoms with Crippen molar-refractivity contribution in [2.75, 3.05) is 18.6 Å². The lowest BCUT2D eigenvalue weighted by molar-refractivity contribution is -0.143. The number of benzene rings is 2. The summed E-state index contributed by atoms with van der Waals surface area (Å²) in [7, 11) is 0. The summed E-state index contributed by atoms with van der Waals surface area (Å²) in [5, 5.41) is 45.3. The number of carbonyl (C=O) groups excluding carboxylic acids is 8. The van der Waals surface area contributed by atoms with Crippen LogP contribution in [0.4, 0.5) is 0 Å². The van der Waals surface area contributed by atoms with Gasteiger partial charge in [-0.3, -0.25) is 38.4 Å². The Bertz CT molecular complexity index is 2130. The Labute approximate surface area is 412 Å². The molecule has 0 bridgehead atoms. The predicted molar refractivity (Wildman–Crippen MR) is 262 cm³/mol. The van der Waals surface area contributed by atoms with Crippen molar-refractivity contribution in [2.45, 2.75) is 141 Å². The standard InChI is InChI=1S/C48H71N9O12S/c1-26(2)22-35(53-41(61)28(5)51-42(62)33(49)19-21-70-6)44(64)52-34(17-18-40(50)60)43(63)55-37(23-27(3)4)47(67)57-20-7-8-39(57)46(66)54-36(24-29-9-13-31(58)14-10-29)45(65)56-38(48(68)69)25-30-11-15-32(59)16-12-30/h9-16,26-28,33-39,58-59H,7-8,17-25,49H2,1-6H3,(H2,50,60)(H,51,62)(H,52,64)(H,53,61)(H,54,66)(H,55,63)(H,56,65)(H,68,69)/t28-,33-,34-,35-,36-,37-,38-,39-/m0/s1. The third-order valence-electron chi connectivity index (χ3n) is 11.5. The topological polar surface area (TPSA) is 342 Å². The molecule has 1 aliphatic rings. The van der Waals surface area contributed by atoms with Crippen LogP contribution in [0.1, 0.15) is 90.7 Å². The molecule has 0 aliphatic carbocycles. The van der Waals surface area contributed by atoms with Crippen LogP contribution in [0, 0.1) is 11.8 Å². The first-order chi connectivity index (χ1) is 33.0. The maximum atomic E-state index is 14.5. The molecule has 3 rings (SSSR count). The van der Waals surface area contributed by atoms with Gasteiger partial charge in [0.05, 0.1) is 6.04 Å². The first kappa shape index (κ1) is 57.9. The maximum absolute atomic E-state index is 14.5. The molecule has 21 nitrogen and oxygen atoms in total. The number of carboxylic acid groups (broad SMARTS) is 1. The van der Waals surface area contributed by atoms with Crippen LogP contribution in [0.3, 0.4) is 0 Å². The third-order valence-corrected chi connectivity index (χ3v) is 12.2. The summed E-state index contributed by atoms with van der Waals surface area (Å²) in [6.07, 6.45) is 2.15. The molecule has 0 radical (unpaired) electrons. The number of carboxylic acids is 1. The first-order valence-corrected chi connectivity index (χ1v) is 24.8. The Morgan fingerprint density at radius 3 is 1.66 bits per heavy atom. The highest BCUT2D eigenvalue weighted by Crippen LogP contribution is 2.22. The highest BCUT2D eigenvalue weighted by atomic mass is 32.2.